The van der Waals surface area contributed by atoms with E-state index in [0.29, 0.717) is 6.54 Å². The molecular formula is C10H17F3N2O. The van der Waals surface area contributed by atoms with Crippen molar-refractivity contribution in [1.29, 1.82) is 0 Å². The van der Waals surface area contributed by atoms with Gasteiger partial charge in [0, 0.05) is 20.1 Å². The summed E-state index contributed by atoms with van der Waals surface area (Å²) in [7, 11) is 1.43. The van der Waals surface area contributed by atoms with Gasteiger partial charge in [-0.15, -0.1) is 0 Å². The molecule has 0 bridgehead atoms. The Kier molecular flexibility index (Phi) is 4.18. The minimum absolute atomic E-state index is 0.182. The minimum atomic E-state index is -4.20. The van der Waals surface area contributed by atoms with E-state index in [1.54, 1.807) is 0 Å². The van der Waals surface area contributed by atoms with Crippen LogP contribution in [0.2, 0.25) is 0 Å². The fraction of sp³-hybridized carbons (Fsp3) is 0.900. The van der Waals surface area contributed by atoms with Crippen LogP contribution >= 0.6 is 0 Å². The van der Waals surface area contributed by atoms with Crippen molar-refractivity contribution in [2.75, 3.05) is 26.7 Å². The highest BCUT2D eigenvalue weighted by Gasteiger charge is 2.33. The number of nitrogens with one attached hydrogen (secondary N) is 1. The van der Waals surface area contributed by atoms with Crippen molar-refractivity contribution in [2.45, 2.75) is 19.5 Å². The third kappa shape index (κ3) is 3.66. The van der Waals surface area contributed by atoms with Crippen LogP contribution in [0.15, 0.2) is 0 Å². The average Bonchev–Trinajstić information content (AvgIpc) is 2.58. The summed E-state index contributed by atoms with van der Waals surface area (Å²) < 4.78 is 35.9. The molecular weight excluding hydrogens is 221 g/mol. The standard InChI is InChI=1S/C10H17F3N2O/c1-7-5-14-6-8(7)9(16)15(2)4-3-10(11,12)13/h7-8,14H,3-6H2,1-2H3. The Morgan fingerprint density at radius 1 is 1.44 bits per heavy atom. The highest BCUT2D eigenvalue weighted by atomic mass is 19.4. The Morgan fingerprint density at radius 3 is 2.50 bits per heavy atom. The molecule has 16 heavy (non-hydrogen) atoms. The Bertz CT molecular complexity index is 255. The van der Waals surface area contributed by atoms with E-state index < -0.39 is 12.6 Å². The molecule has 2 atom stereocenters. The highest BCUT2D eigenvalue weighted by Crippen LogP contribution is 2.22. The predicted molar refractivity (Wildman–Crippen MR) is 53.8 cm³/mol. The normalized spacial score (nSPS) is 25.8. The molecule has 6 heteroatoms. The second kappa shape index (κ2) is 5.03. The van der Waals surface area contributed by atoms with Crippen LogP contribution in [0.1, 0.15) is 13.3 Å². The molecule has 1 N–H and O–H groups in total. The lowest BCUT2D eigenvalue weighted by Gasteiger charge is -2.23. The smallest absolute Gasteiger partial charge is 0.345 e. The SMILES string of the molecule is CC1CNCC1C(=O)N(C)CCC(F)(F)F. The number of hydrogen-bond acceptors (Lipinski definition) is 2. The monoisotopic (exact) mass is 238 g/mol. The van der Waals surface area contributed by atoms with E-state index in [4.69, 9.17) is 0 Å². The molecule has 0 aliphatic carbocycles. The number of rotatable bonds is 3. The number of carbonyl (C=O) groups is 1. The first-order valence-electron chi connectivity index (χ1n) is 5.33. The molecule has 94 valence electrons. The molecule has 0 aromatic rings. The van der Waals surface area contributed by atoms with E-state index in [1.165, 1.54) is 11.9 Å². The van der Waals surface area contributed by atoms with Gasteiger partial charge in [-0.3, -0.25) is 4.79 Å². The van der Waals surface area contributed by atoms with Gasteiger partial charge in [0.1, 0.15) is 0 Å². The Balaban J connectivity index is 2.41. The molecule has 1 saturated heterocycles. The van der Waals surface area contributed by atoms with E-state index in [2.05, 4.69) is 5.32 Å². The molecule has 2 unspecified atom stereocenters. The van der Waals surface area contributed by atoms with E-state index in [-0.39, 0.29) is 24.3 Å². The van der Waals surface area contributed by atoms with Crippen molar-refractivity contribution in [1.82, 2.24) is 10.2 Å². The minimum Gasteiger partial charge on any atom is -0.345 e. The molecule has 3 nitrogen and oxygen atoms in total. The molecule has 0 aromatic carbocycles. The fourth-order valence-corrected chi connectivity index (χ4v) is 1.83. The van der Waals surface area contributed by atoms with Crippen LogP contribution in [0.5, 0.6) is 0 Å². The summed E-state index contributed by atoms with van der Waals surface area (Å²) in [5, 5.41) is 3.06. The molecule has 0 radical (unpaired) electrons. The lowest BCUT2D eigenvalue weighted by molar-refractivity contribution is -0.146. The first kappa shape index (κ1) is 13.3. The Hall–Kier alpha value is -0.780. The van der Waals surface area contributed by atoms with Gasteiger partial charge in [-0.2, -0.15) is 13.2 Å². The van der Waals surface area contributed by atoms with Crippen LogP contribution < -0.4 is 5.32 Å². The maximum Gasteiger partial charge on any atom is 0.390 e. The summed E-state index contributed by atoms with van der Waals surface area (Å²) in [6.07, 6.45) is -5.14. The maximum absolute atomic E-state index is 12.0. The van der Waals surface area contributed by atoms with Crippen molar-refractivity contribution in [3.8, 4) is 0 Å². The maximum atomic E-state index is 12.0. The number of alkyl halides is 3. The molecule has 1 amide bonds. The van der Waals surface area contributed by atoms with Gasteiger partial charge in [0.2, 0.25) is 5.91 Å². The second-order valence-electron chi connectivity index (χ2n) is 4.37. The first-order valence-corrected chi connectivity index (χ1v) is 5.33. The van der Waals surface area contributed by atoms with Crippen molar-refractivity contribution in [3.05, 3.63) is 0 Å². The molecule has 1 aliphatic rings. The lowest BCUT2D eigenvalue weighted by Crippen LogP contribution is -2.37. The Labute approximate surface area is 93.0 Å². The quantitative estimate of drug-likeness (QED) is 0.802. The van der Waals surface area contributed by atoms with E-state index >= 15 is 0 Å². The molecule has 1 heterocycles. The number of amides is 1. The molecule has 1 fully saturated rings. The molecule has 0 saturated carbocycles. The van der Waals surface area contributed by atoms with Gasteiger partial charge in [-0.05, 0) is 12.5 Å². The Morgan fingerprint density at radius 2 is 2.06 bits per heavy atom. The fourth-order valence-electron chi connectivity index (χ4n) is 1.83. The third-order valence-corrected chi connectivity index (χ3v) is 2.94. The zero-order chi connectivity index (χ0) is 12.3. The largest absolute Gasteiger partial charge is 0.390 e. The number of nitrogens with zero attached hydrogens (tertiary/aromatic N) is 1. The lowest BCUT2D eigenvalue weighted by atomic mass is 9.97. The molecule has 0 aromatic heterocycles. The highest BCUT2D eigenvalue weighted by molar-refractivity contribution is 5.79. The van der Waals surface area contributed by atoms with Crippen molar-refractivity contribution in [2.24, 2.45) is 11.8 Å². The van der Waals surface area contributed by atoms with E-state index in [0.717, 1.165) is 6.54 Å². The van der Waals surface area contributed by atoms with Crippen LogP contribution in [0, 0.1) is 11.8 Å². The molecule has 1 aliphatic heterocycles. The summed E-state index contributed by atoms with van der Waals surface area (Å²) in [6.45, 7) is 2.99. The third-order valence-electron chi connectivity index (χ3n) is 2.94. The summed E-state index contributed by atoms with van der Waals surface area (Å²) in [4.78, 5) is 13.0. The van der Waals surface area contributed by atoms with Crippen LogP contribution in [-0.2, 0) is 4.79 Å². The second-order valence-corrected chi connectivity index (χ2v) is 4.37. The van der Waals surface area contributed by atoms with Gasteiger partial charge < -0.3 is 10.2 Å². The molecule has 0 spiro atoms. The summed E-state index contributed by atoms with van der Waals surface area (Å²) in [5.74, 6) is -0.180. The van der Waals surface area contributed by atoms with Crippen molar-refractivity contribution >= 4 is 5.91 Å². The summed E-state index contributed by atoms with van der Waals surface area (Å²) in [6, 6.07) is 0. The van der Waals surface area contributed by atoms with Crippen LogP contribution in [0.3, 0.4) is 0 Å². The predicted octanol–water partition coefficient (Wildman–Crippen LogP) is 1.25. The number of hydrogen-bond donors (Lipinski definition) is 1. The van der Waals surface area contributed by atoms with Gasteiger partial charge in [-0.25, -0.2) is 0 Å². The van der Waals surface area contributed by atoms with Gasteiger partial charge in [0.05, 0.1) is 12.3 Å². The topological polar surface area (TPSA) is 32.3 Å². The first-order chi connectivity index (χ1) is 7.31. The van der Waals surface area contributed by atoms with Crippen molar-refractivity contribution < 1.29 is 18.0 Å². The van der Waals surface area contributed by atoms with E-state index in [1.807, 2.05) is 6.92 Å². The van der Waals surface area contributed by atoms with Gasteiger partial charge >= 0.3 is 6.18 Å². The average molecular weight is 238 g/mol. The van der Waals surface area contributed by atoms with Gasteiger partial charge in [0.15, 0.2) is 0 Å². The van der Waals surface area contributed by atoms with Crippen molar-refractivity contribution in [3.63, 3.8) is 0 Å². The van der Waals surface area contributed by atoms with E-state index in [9.17, 15) is 18.0 Å². The zero-order valence-corrected chi connectivity index (χ0v) is 9.47. The van der Waals surface area contributed by atoms with Crippen LogP contribution in [0.25, 0.3) is 0 Å². The van der Waals surface area contributed by atoms with Gasteiger partial charge in [0.25, 0.3) is 0 Å². The van der Waals surface area contributed by atoms with Crippen LogP contribution in [-0.4, -0.2) is 43.7 Å². The number of halogens is 3. The van der Waals surface area contributed by atoms with Gasteiger partial charge in [-0.1, -0.05) is 6.92 Å². The van der Waals surface area contributed by atoms with Crippen LogP contribution in [0.4, 0.5) is 13.2 Å². The summed E-state index contributed by atoms with van der Waals surface area (Å²) in [5.41, 5.74) is 0. The summed E-state index contributed by atoms with van der Waals surface area (Å²) >= 11 is 0. The molecule has 1 rings (SSSR count). The zero-order valence-electron chi connectivity index (χ0n) is 9.47. The number of carbonyl (C=O) groups excluding carboxylic acids is 1.